The SMILES string of the molecule is C=CCNS(=O)(=O)Cc1ccc(NC(=O)c2ccc(N3CCOCC3)cc2)cc1. The average molecular weight is 416 g/mol. The fourth-order valence-electron chi connectivity index (χ4n) is 2.99. The van der Waals surface area contributed by atoms with E-state index >= 15 is 0 Å². The van der Waals surface area contributed by atoms with Crippen molar-refractivity contribution in [1.29, 1.82) is 0 Å². The molecular formula is C21H25N3O4S. The Bertz CT molecular complexity index is 935. The van der Waals surface area contributed by atoms with Crippen LogP contribution in [0.5, 0.6) is 0 Å². The van der Waals surface area contributed by atoms with E-state index < -0.39 is 10.0 Å². The monoisotopic (exact) mass is 415 g/mol. The fourth-order valence-corrected chi connectivity index (χ4v) is 4.09. The number of nitrogens with one attached hydrogen (secondary N) is 2. The second-order valence-corrected chi connectivity index (χ2v) is 8.50. The van der Waals surface area contributed by atoms with E-state index in [1.54, 1.807) is 36.4 Å². The molecule has 1 heterocycles. The summed E-state index contributed by atoms with van der Waals surface area (Å²) in [4.78, 5) is 14.7. The van der Waals surface area contributed by atoms with Gasteiger partial charge >= 0.3 is 0 Å². The van der Waals surface area contributed by atoms with E-state index in [0.717, 1.165) is 18.8 Å². The molecule has 2 N–H and O–H groups in total. The topological polar surface area (TPSA) is 87.7 Å². The molecule has 1 amide bonds. The Labute approximate surface area is 171 Å². The van der Waals surface area contributed by atoms with Gasteiger partial charge in [0, 0.05) is 36.6 Å². The second-order valence-electron chi connectivity index (χ2n) is 6.69. The third kappa shape index (κ3) is 6.15. The first-order chi connectivity index (χ1) is 14.0. The van der Waals surface area contributed by atoms with Gasteiger partial charge in [0.2, 0.25) is 10.0 Å². The molecule has 154 valence electrons. The zero-order valence-corrected chi connectivity index (χ0v) is 17.0. The van der Waals surface area contributed by atoms with Crippen molar-refractivity contribution < 1.29 is 17.9 Å². The molecule has 0 bridgehead atoms. The molecule has 0 aromatic heterocycles. The van der Waals surface area contributed by atoms with Gasteiger partial charge in [-0.05, 0) is 42.0 Å². The molecule has 29 heavy (non-hydrogen) atoms. The van der Waals surface area contributed by atoms with Crippen LogP contribution in [0.1, 0.15) is 15.9 Å². The first-order valence-corrected chi connectivity index (χ1v) is 11.0. The van der Waals surface area contributed by atoms with Crippen LogP contribution in [0.4, 0.5) is 11.4 Å². The summed E-state index contributed by atoms with van der Waals surface area (Å²) in [6.45, 7) is 6.80. The van der Waals surface area contributed by atoms with Crippen LogP contribution in [0.2, 0.25) is 0 Å². The summed E-state index contributed by atoms with van der Waals surface area (Å²) in [7, 11) is -3.41. The summed E-state index contributed by atoms with van der Waals surface area (Å²) in [6.07, 6.45) is 1.49. The zero-order chi connectivity index (χ0) is 20.7. The number of carbonyl (C=O) groups excluding carboxylic acids is 1. The molecule has 0 saturated carbocycles. The lowest BCUT2D eigenvalue weighted by Crippen LogP contribution is -2.36. The number of hydrogen-bond acceptors (Lipinski definition) is 5. The third-order valence-electron chi connectivity index (χ3n) is 4.52. The Morgan fingerprint density at radius 2 is 1.72 bits per heavy atom. The van der Waals surface area contributed by atoms with Crippen LogP contribution >= 0.6 is 0 Å². The number of anilines is 2. The Hall–Kier alpha value is -2.68. The van der Waals surface area contributed by atoms with Crippen molar-refractivity contribution in [2.75, 3.05) is 43.1 Å². The van der Waals surface area contributed by atoms with Crippen LogP contribution in [-0.2, 0) is 20.5 Å². The Balaban J connectivity index is 1.58. The van der Waals surface area contributed by atoms with E-state index in [9.17, 15) is 13.2 Å². The number of amides is 1. The minimum atomic E-state index is -3.41. The Morgan fingerprint density at radius 1 is 1.07 bits per heavy atom. The van der Waals surface area contributed by atoms with Crippen LogP contribution in [0.25, 0.3) is 0 Å². The van der Waals surface area contributed by atoms with Crippen LogP contribution in [-0.4, -0.2) is 47.2 Å². The standard InChI is InChI=1S/C21H25N3O4S/c1-2-11-22-29(26,27)16-17-3-7-19(8-4-17)23-21(25)18-5-9-20(10-6-18)24-12-14-28-15-13-24/h2-10,22H,1,11-16H2,(H,23,25). The van der Waals surface area contributed by atoms with Gasteiger partial charge in [-0.1, -0.05) is 18.2 Å². The number of ether oxygens (including phenoxy) is 1. The van der Waals surface area contributed by atoms with Gasteiger partial charge in [-0.25, -0.2) is 13.1 Å². The quantitative estimate of drug-likeness (QED) is 0.647. The molecule has 0 aliphatic carbocycles. The lowest BCUT2D eigenvalue weighted by atomic mass is 10.1. The van der Waals surface area contributed by atoms with Crippen molar-refractivity contribution in [2.45, 2.75) is 5.75 Å². The molecule has 7 nitrogen and oxygen atoms in total. The predicted octanol–water partition coefficient (Wildman–Crippen LogP) is 2.38. The van der Waals surface area contributed by atoms with Crippen molar-refractivity contribution in [2.24, 2.45) is 0 Å². The van der Waals surface area contributed by atoms with Crippen molar-refractivity contribution in [3.8, 4) is 0 Å². The minimum Gasteiger partial charge on any atom is -0.378 e. The minimum absolute atomic E-state index is 0.127. The van der Waals surface area contributed by atoms with E-state index in [2.05, 4.69) is 21.5 Å². The number of carbonyl (C=O) groups is 1. The van der Waals surface area contributed by atoms with Gasteiger partial charge in [0.25, 0.3) is 5.91 Å². The first-order valence-electron chi connectivity index (χ1n) is 9.38. The second kappa shape index (κ2) is 9.69. The highest BCUT2D eigenvalue weighted by molar-refractivity contribution is 7.88. The van der Waals surface area contributed by atoms with E-state index in [0.29, 0.717) is 30.0 Å². The van der Waals surface area contributed by atoms with Crippen LogP contribution < -0.4 is 14.9 Å². The summed E-state index contributed by atoms with van der Waals surface area (Å²) in [6, 6.07) is 14.2. The highest BCUT2D eigenvalue weighted by Crippen LogP contribution is 2.18. The molecule has 0 spiro atoms. The molecule has 1 aliphatic heterocycles. The third-order valence-corrected chi connectivity index (χ3v) is 5.84. The molecular weight excluding hydrogens is 390 g/mol. The highest BCUT2D eigenvalue weighted by Gasteiger charge is 2.13. The summed E-state index contributed by atoms with van der Waals surface area (Å²) in [5.74, 6) is -0.343. The molecule has 2 aromatic rings. The normalized spacial score (nSPS) is 14.4. The van der Waals surface area contributed by atoms with Crippen LogP contribution in [0.3, 0.4) is 0 Å². The molecule has 1 aliphatic rings. The fraction of sp³-hybridized carbons (Fsp3) is 0.286. The van der Waals surface area contributed by atoms with Crippen molar-refractivity contribution in [3.05, 3.63) is 72.3 Å². The maximum Gasteiger partial charge on any atom is 0.255 e. The van der Waals surface area contributed by atoms with Gasteiger partial charge in [-0.3, -0.25) is 4.79 Å². The van der Waals surface area contributed by atoms with Crippen LogP contribution in [0, 0.1) is 0 Å². The van der Waals surface area contributed by atoms with E-state index in [1.165, 1.54) is 6.08 Å². The van der Waals surface area contributed by atoms with Crippen LogP contribution in [0.15, 0.2) is 61.2 Å². The molecule has 1 saturated heterocycles. The average Bonchev–Trinajstić information content (AvgIpc) is 2.74. The lowest BCUT2D eigenvalue weighted by Gasteiger charge is -2.28. The molecule has 0 radical (unpaired) electrons. The molecule has 3 rings (SSSR count). The van der Waals surface area contributed by atoms with Crippen molar-refractivity contribution in [3.63, 3.8) is 0 Å². The zero-order valence-electron chi connectivity index (χ0n) is 16.1. The Kier molecular flexibility index (Phi) is 7.03. The number of nitrogens with zero attached hydrogens (tertiary/aromatic N) is 1. The Morgan fingerprint density at radius 3 is 2.34 bits per heavy atom. The maximum absolute atomic E-state index is 12.5. The number of hydrogen-bond donors (Lipinski definition) is 2. The summed E-state index contributed by atoms with van der Waals surface area (Å²) in [5.41, 5.74) is 2.87. The molecule has 2 aromatic carbocycles. The van der Waals surface area contributed by atoms with E-state index in [1.807, 2.05) is 12.1 Å². The highest BCUT2D eigenvalue weighted by atomic mass is 32.2. The van der Waals surface area contributed by atoms with Crippen molar-refractivity contribution >= 4 is 27.3 Å². The molecule has 8 heteroatoms. The van der Waals surface area contributed by atoms with Gasteiger partial charge in [0.1, 0.15) is 0 Å². The summed E-state index contributed by atoms with van der Waals surface area (Å²) < 4.78 is 31.6. The largest absolute Gasteiger partial charge is 0.378 e. The maximum atomic E-state index is 12.5. The molecule has 0 unspecified atom stereocenters. The van der Waals surface area contributed by atoms with Gasteiger partial charge in [0.15, 0.2) is 0 Å². The van der Waals surface area contributed by atoms with Gasteiger partial charge in [-0.15, -0.1) is 6.58 Å². The van der Waals surface area contributed by atoms with Gasteiger partial charge < -0.3 is 15.0 Å². The predicted molar refractivity (Wildman–Crippen MR) is 115 cm³/mol. The first kappa shape index (κ1) is 21.0. The summed E-state index contributed by atoms with van der Waals surface area (Å²) in [5, 5.41) is 2.83. The smallest absolute Gasteiger partial charge is 0.255 e. The van der Waals surface area contributed by atoms with E-state index in [4.69, 9.17) is 4.74 Å². The number of sulfonamides is 1. The van der Waals surface area contributed by atoms with Gasteiger partial charge in [0.05, 0.1) is 19.0 Å². The molecule has 0 atom stereocenters. The lowest BCUT2D eigenvalue weighted by molar-refractivity contribution is 0.102. The number of morpholine rings is 1. The summed E-state index contributed by atoms with van der Waals surface area (Å²) >= 11 is 0. The number of rotatable bonds is 8. The van der Waals surface area contributed by atoms with E-state index in [-0.39, 0.29) is 18.2 Å². The number of benzene rings is 2. The van der Waals surface area contributed by atoms with Gasteiger partial charge in [-0.2, -0.15) is 0 Å². The molecule has 1 fully saturated rings. The van der Waals surface area contributed by atoms with Crippen molar-refractivity contribution in [1.82, 2.24) is 4.72 Å².